The first-order valence-corrected chi connectivity index (χ1v) is 5.73. The summed E-state index contributed by atoms with van der Waals surface area (Å²) in [5.74, 6) is -1.60. The van der Waals surface area contributed by atoms with Crippen molar-refractivity contribution in [2.45, 2.75) is 6.36 Å². The monoisotopic (exact) mass is 302 g/mol. The van der Waals surface area contributed by atoms with Gasteiger partial charge in [0.2, 0.25) is 0 Å². The van der Waals surface area contributed by atoms with Crippen LogP contribution in [0.15, 0.2) is 36.4 Å². The molecule has 0 amide bonds. The Morgan fingerprint density at radius 3 is 2.33 bits per heavy atom. The molecule has 112 valence electrons. The number of rotatable bonds is 3. The number of alkyl halides is 3. The predicted octanol–water partition coefficient (Wildman–Crippen LogP) is 4.11. The summed E-state index contributed by atoms with van der Waals surface area (Å²) in [6.07, 6.45) is -4.96. The molecule has 0 aliphatic rings. The molecule has 0 spiro atoms. The third-order valence-electron chi connectivity index (χ3n) is 2.65. The van der Waals surface area contributed by atoms with Crippen molar-refractivity contribution < 1.29 is 32.1 Å². The van der Waals surface area contributed by atoms with Crippen LogP contribution in [0.1, 0.15) is 0 Å². The molecule has 0 heterocycles. The zero-order chi connectivity index (χ0) is 15.6. The second-order valence-corrected chi connectivity index (χ2v) is 4.07. The second kappa shape index (κ2) is 5.51. The number of phenolic OH excluding ortho intramolecular Hbond substituents is 1. The minimum absolute atomic E-state index is 0.131. The van der Waals surface area contributed by atoms with Crippen molar-refractivity contribution >= 4 is 0 Å². The molecule has 0 saturated carbocycles. The van der Waals surface area contributed by atoms with Crippen LogP contribution in [0.2, 0.25) is 0 Å². The quantitative estimate of drug-likeness (QED) is 0.867. The van der Waals surface area contributed by atoms with E-state index < -0.39 is 23.7 Å². The maximum atomic E-state index is 13.9. The summed E-state index contributed by atoms with van der Waals surface area (Å²) in [4.78, 5) is 0. The Morgan fingerprint density at radius 2 is 1.71 bits per heavy atom. The van der Waals surface area contributed by atoms with Crippen LogP contribution in [0.4, 0.5) is 17.6 Å². The Morgan fingerprint density at radius 1 is 1.00 bits per heavy atom. The summed E-state index contributed by atoms with van der Waals surface area (Å²) in [5, 5.41) is 9.29. The molecule has 1 N–H and O–H groups in total. The molecule has 0 aliphatic carbocycles. The van der Waals surface area contributed by atoms with E-state index in [0.29, 0.717) is 0 Å². The number of phenols is 1. The number of hydrogen-bond donors (Lipinski definition) is 1. The van der Waals surface area contributed by atoms with Crippen LogP contribution >= 0.6 is 0 Å². The van der Waals surface area contributed by atoms with Crippen LogP contribution in [-0.4, -0.2) is 18.6 Å². The fourth-order valence-electron chi connectivity index (χ4n) is 1.78. The predicted molar refractivity (Wildman–Crippen MR) is 66.7 cm³/mol. The summed E-state index contributed by atoms with van der Waals surface area (Å²) >= 11 is 0. The van der Waals surface area contributed by atoms with E-state index in [-0.39, 0.29) is 16.9 Å². The van der Waals surface area contributed by atoms with Gasteiger partial charge in [-0.25, -0.2) is 4.39 Å². The van der Waals surface area contributed by atoms with E-state index in [1.54, 1.807) is 0 Å². The minimum Gasteiger partial charge on any atom is -0.508 e. The molecule has 0 fully saturated rings. The second-order valence-electron chi connectivity index (χ2n) is 4.07. The Labute approximate surface area is 117 Å². The smallest absolute Gasteiger partial charge is 0.508 e. The Bertz CT molecular complexity index is 653. The molecule has 21 heavy (non-hydrogen) atoms. The third kappa shape index (κ3) is 3.56. The maximum absolute atomic E-state index is 13.9. The Balaban J connectivity index is 2.58. The van der Waals surface area contributed by atoms with E-state index in [2.05, 4.69) is 4.74 Å². The SMILES string of the molecule is COc1ccc(F)c(-c2ccc(O)cc2OC(F)(F)F)c1. The van der Waals surface area contributed by atoms with Crippen molar-refractivity contribution in [2.24, 2.45) is 0 Å². The molecule has 2 rings (SSSR count). The fourth-order valence-corrected chi connectivity index (χ4v) is 1.78. The van der Waals surface area contributed by atoms with Gasteiger partial charge in [-0.2, -0.15) is 0 Å². The van der Waals surface area contributed by atoms with Crippen molar-refractivity contribution in [1.29, 1.82) is 0 Å². The Hall–Kier alpha value is -2.44. The normalized spacial score (nSPS) is 11.3. The number of ether oxygens (including phenoxy) is 2. The lowest BCUT2D eigenvalue weighted by molar-refractivity contribution is -0.274. The molecule has 7 heteroatoms. The van der Waals surface area contributed by atoms with E-state index in [0.717, 1.165) is 24.3 Å². The largest absolute Gasteiger partial charge is 0.573 e. The van der Waals surface area contributed by atoms with Crippen molar-refractivity contribution in [1.82, 2.24) is 0 Å². The van der Waals surface area contributed by atoms with Crippen molar-refractivity contribution in [3.05, 3.63) is 42.2 Å². The van der Waals surface area contributed by atoms with Crippen LogP contribution in [0.25, 0.3) is 11.1 Å². The number of halogens is 4. The summed E-state index contributed by atoms with van der Waals surface area (Å²) in [6.45, 7) is 0. The van der Waals surface area contributed by atoms with Gasteiger partial charge in [0.15, 0.2) is 0 Å². The van der Waals surface area contributed by atoms with Gasteiger partial charge in [0.25, 0.3) is 0 Å². The average Bonchev–Trinajstić information content (AvgIpc) is 2.38. The van der Waals surface area contributed by atoms with Crippen LogP contribution in [0.3, 0.4) is 0 Å². The third-order valence-corrected chi connectivity index (χ3v) is 2.65. The lowest BCUT2D eigenvalue weighted by atomic mass is 10.0. The van der Waals surface area contributed by atoms with Crippen LogP contribution in [0, 0.1) is 5.82 Å². The van der Waals surface area contributed by atoms with E-state index in [9.17, 15) is 22.7 Å². The highest BCUT2D eigenvalue weighted by Gasteiger charge is 2.32. The van der Waals surface area contributed by atoms with Gasteiger partial charge in [0.1, 0.15) is 23.1 Å². The molecule has 0 saturated heterocycles. The summed E-state index contributed by atoms with van der Waals surface area (Å²) in [7, 11) is 1.35. The molecular weight excluding hydrogens is 292 g/mol. The van der Waals surface area contributed by atoms with Crippen molar-refractivity contribution in [2.75, 3.05) is 7.11 Å². The van der Waals surface area contributed by atoms with Gasteiger partial charge in [0, 0.05) is 17.2 Å². The molecule has 0 aromatic heterocycles. The maximum Gasteiger partial charge on any atom is 0.573 e. The molecule has 0 aliphatic heterocycles. The van der Waals surface area contributed by atoms with Crippen LogP contribution < -0.4 is 9.47 Å². The lowest BCUT2D eigenvalue weighted by Crippen LogP contribution is -2.17. The fraction of sp³-hybridized carbons (Fsp3) is 0.143. The van der Waals surface area contributed by atoms with Gasteiger partial charge >= 0.3 is 6.36 Å². The standard InChI is InChI=1S/C14H10F4O3/c1-20-9-3-5-12(15)11(7-9)10-4-2-8(19)6-13(10)21-14(16,17)18/h2-7,19H,1H3. The topological polar surface area (TPSA) is 38.7 Å². The van der Waals surface area contributed by atoms with Gasteiger partial charge in [-0.05, 0) is 30.3 Å². The highest BCUT2D eigenvalue weighted by molar-refractivity contribution is 5.73. The number of benzene rings is 2. The summed E-state index contributed by atoms with van der Waals surface area (Å²) < 4.78 is 59.8. The number of hydrogen-bond acceptors (Lipinski definition) is 3. The van der Waals surface area contributed by atoms with E-state index in [1.165, 1.54) is 19.2 Å². The molecule has 2 aromatic rings. The zero-order valence-electron chi connectivity index (χ0n) is 10.7. The average molecular weight is 302 g/mol. The van der Waals surface area contributed by atoms with E-state index in [4.69, 9.17) is 4.74 Å². The summed E-state index contributed by atoms with van der Waals surface area (Å²) in [6, 6.07) is 6.68. The minimum atomic E-state index is -4.96. The van der Waals surface area contributed by atoms with E-state index >= 15 is 0 Å². The van der Waals surface area contributed by atoms with Gasteiger partial charge < -0.3 is 14.6 Å². The molecule has 0 bridgehead atoms. The first kappa shape index (κ1) is 15.0. The van der Waals surface area contributed by atoms with Gasteiger partial charge in [0.05, 0.1) is 7.11 Å². The first-order valence-electron chi connectivity index (χ1n) is 5.73. The molecule has 0 atom stereocenters. The van der Waals surface area contributed by atoms with E-state index in [1.807, 2.05) is 0 Å². The first-order chi connectivity index (χ1) is 9.80. The molecular formula is C14H10F4O3. The highest BCUT2D eigenvalue weighted by atomic mass is 19.4. The molecule has 3 nitrogen and oxygen atoms in total. The molecule has 0 unspecified atom stereocenters. The Kier molecular flexibility index (Phi) is 3.93. The van der Waals surface area contributed by atoms with Crippen LogP contribution in [0.5, 0.6) is 17.2 Å². The number of methoxy groups -OCH3 is 1. The van der Waals surface area contributed by atoms with Crippen molar-refractivity contribution in [3.63, 3.8) is 0 Å². The molecule has 2 aromatic carbocycles. The summed E-state index contributed by atoms with van der Waals surface area (Å²) in [5.41, 5.74) is -0.282. The highest BCUT2D eigenvalue weighted by Crippen LogP contribution is 2.38. The molecule has 0 radical (unpaired) electrons. The van der Waals surface area contributed by atoms with Gasteiger partial charge in [-0.15, -0.1) is 13.2 Å². The van der Waals surface area contributed by atoms with Crippen molar-refractivity contribution in [3.8, 4) is 28.4 Å². The van der Waals surface area contributed by atoms with Gasteiger partial charge in [-0.3, -0.25) is 0 Å². The van der Waals surface area contributed by atoms with Crippen LogP contribution in [-0.2, 0) is 0 Å². The van der Waals surface area contributed by atoms with Gasteiger partial charge in [-0.1, -0.05) is 0 Å². The lowest BCUT2D eigenvalue weighted by Gasteiger charge is -2.14. The number of aromatic hydroxyl groups is 1. The zero-order valence-corrected chi connectivity index (χ0v) is 10.7.